The van der Waals surface area contributed by atoms with Crippen LogP contribution in [0.2, 0.25) is 0 Å². The molecule has 0 aliphatic heterocycles. The van der Waals surface area contributed by atoms with Gasteiger partial charge in [-0.15, -0.1) is 0 Å². The lowest BCUT2D eigenvalue weighted by Crippen LogP contribution is -2.38. The van der Waals surface area contributed by atoms with E-state index in [0.717, 1.165) is 47.8 Å². The number of nitrogens with one attached hydrogen (secondary N) is 2. The molecule has 0 radical (unpaired) electrons. The van der Waals surface area contributed by atoms with E-state index in [1.165, 1.54) is 0 Å². The van der Waals surface area contributed by atoms with E-state index in [4.69, 9.17) is 17.2 Å². The van der Waals surface area contributed by atoms with Crippen LogP contribution >= 0.6 is 0 Å². The summed E-state index contributed by atoms with van der Waals surface area (Å²) < 4.78 is 0. The van der Waals surface area contributed by atoms with Crippen LogP contribution in [0, 0.1) is 6.92 Å². The minimum absolute atomic E-state index is 0.0198. The Hall–Kier alpha value is -3.72. The molecule has 2 atom stereocenters. The van der Waals surface area contributed by atoms with Gasteiger partial charge >= 0.3 is 0 Å². The molecular weight excluding hydrogens is 428 g/mol. The number of rotatable bonds is 7. The van der Waals surface area contributed by atoms with Gasteiger partial charge in [0.25, 0.3) is 5.91 Å². The molecular formula is C25H32N8O. The zero-order valence-corrected chi connectivity index (χ0v) is 19.4. The Morgan fingerprint density at radius 2 is 1.79 bits per heavy atom. The van der Waals surface area contributed by atoms with Crippen LogP contribution in [0.4, 0.5) is 5.82 Å². The number of anilines is 1. The minimum atomic E-state index is -0.335. The Kier molecular flexibility index (Phi) is 7.22. The third-order valence-electron chi connectivity index (χ3n) is 6.13. The average molecular weight is 461 g/mol. The molecule has 2 aromatic carbocycles. The fourth-order valence-corrected chi connectivity index (χ4v) is 4.31. The summed E-state index contributed by atoms with van der Waals surface area (Å²) in [5, 5.41) is 7.31. The van der Waals surface area contributed by atoms with Crippen molar-refractivity contribution in [3.8, 4) is 0 Å². The van der Waals surface area contributed by atoms with Crippen molar-refractivity contribution in [3.63, 3.8) is 0 Å². The Morgan fingerprint density at radius 3 is 2.53 bits per heavy atom. The predicted molar refractivity (Wildman–Crippen MR) is 135 cm³/mol. The number of hydrogen-bond acceptors (Lipinski definition) is 6. The summed E-state index contributed by atoms with van der Waals surface area (Å²) in [4.78, 5) is 26.5. The van der Waals surface area contributed by atoms with Crippen LogP contribution in [0.1, 0.15) is 53.0 Å². The van der Waals surface area contributed by atoms with Crippen LogP contribution in [0.5, 0.6) is 0 Å². The molecule has 2 unspecified atom stereocenters. The first kappa shape index (κ1) is 23.4. The molecule has 34 heavy (non-hydrogen) atoms. The second kappa shape index (κ2) is 10.5. The second-order valence-electron chi connectivity index (χ2n) is 8.78. The highest BCUT2D eigenvalue weighted by Gasteiger charge is 2.26. The lowest BCUT2D eigenvalue weighted by atomic mass is 9.90. The van der Waals surface area contributed by atoms with Gasteiger partial charge in [-0.1, -0.05) is 48.7 Å². The largest absolute Gasteiger partial charge is 0.370 e. The van der Waals surface area contributed by atoms with Gasteiger partial charge in [0, 0.05) is 18.5 Å². The average Bonchev–Trinajstić information content (AvgIpc) is 2.84. The van der Waals surface area contributed by atoms with Gasteiger partial charge < -0.3 is 27.8 Å². The van der Waals surface area contributed by atoms with Crippen molar-refractivity contribution in [2.24, 2.45) is 22.2 Å². The van der Waals surface area contributed by atoms with Crippen molar-refractivity contribution in [2.45, 2.75) is 57.8 Å². The minimum Gasteiger partial charge on any atom is -0.370 e. The van der Waals surface area contributed by atoms with Crippen molar-refractivity contribution in [1.82, 2.24) is 15.3 Å². The van der Waals surface area contributed by atoms with Crippen LogP contribution < -0.4 is 27.8 Å². The molecule has 8 N–H and O–H groups in total. The third kappa shape index (κ3) is 5.60. The highest BCUT2D eigenvalue weighted by Crippen LogP contribution is 2.28. The smallest absolute Gasteiger partial charge is 0.289 e. The molecule has 9 nitrogen and oxygen atoms in total. The van der Waals surface area contributed by atoms with Crippen LogP contribution in [-0.4, -0.2) is 33.9 Å². The summed E-state index contributed by atoms with van der Waals surface area (Å²) in [5.74, 6) is 0.486. The number of carbonyl (C=O) groups excluding carboxylic acids is 1. The van der Waals surface area contributed by atoms with E-state index >= 15 is 0 Å². The maximum absolute atomic E-state index is 13.0. The summed E-state index contributed by atoms with van der Waals surface area (Å²) in [6, 6.07) is 13.7. The normalized spacial score (nSPS) is 17.8. The van der Waals surface area contributed by atoms with Gasteiger partial charge in [0.15, 0.2) is 5.96 Å². The van der Waals surface area contributed by atoms with Crippen molar-refractivity contribution < 1.29 is 4.79 Å². The number of aromatic nitrogens is 2. The van der Waals surface area contributed by atoms with Crippen molar-refractivity contribution >= 4 is 28.6 Å². The van der Waals surface area contributed by atoms with Gasteiger partial charge in [0.2, 0.25) is 5.82 Å². The van der Waals surface area contributed by atoms with Gasteiger partial charge in [-0.3, -0.25) is 4.79 Å². The highest BCUT2D eigenvalue weighted by molar-refractivity contribution is 5.96. The zero-order chi connectivity index (χ0) is 24.1. The van der Waals surface area contributed by atoms with Crippen molar-refractivity contribution in [2.75, 3.05) is 5.32 Å². The lowest BCUT2D eigenvalue weighted by Gasteiger charge is -2.30. The topological polar surface area (TPSA) is 157 Å². The molecule has 178 valence electrons. The number of aliphatic imine (C=N–C) groups is 1. The van der Waals surface area contributed by atoms with Crippen molar-refractivity contribution in [3.05, 3.63) is 65.0 Å². The van der Waals surface area contributed by atoms with Gasteiger partial charge in [0.1, 0.15) is 5.82 Å². The molecule has 1 aromatic heterocycles. The monoisotopic (exact) mass is 460 g/mol. The molecule has 1 fully saturated rings. The molecule has 0 saturated heterocycles. The van der Waals surface area contributed by atoms with Crippen LogP contribution in [0.15, 0.2) is 47.5 Å². The molecule has 9 heteroatoms. The Balaban J connectivity index is 1.60. The molecule has 1 heterocycles. The molecule has 1 aliphatic carbocycles. The SMILES string of the molecule is Cc1ccc2nc(C(=O)NCc3ccc(CN)cc3)nc(NC3CCCCC3N=C(N)N)c2c1. The number of fused-ring (bicyclic) bond motifs is 1. The number of nitrogens with zero attached hydrogens (tertiary/aromatic N) is 3. The summed E-state index contributed by atoms with van der Waals surface area (Å²) in [7, 11) is 0. The molecule has 4 rings (SSSR count). The zero-order valence-electron chi connectivity index (χ0n) is 19.4. The van der Waals surface area contributed by atoms with Gasteiger partial charge in [-0.05, 0) is 43.0 Å². The first-order valence-corrected chi connectivity index (χ1v) is 11.6. The molecule has 0 spiro atoms. The van der Waals surface area contributed by atoms with Gasteiger partial charge in [-0.25, -0.2) is 15.0 Å². The standard InChI is InChI=1S/C25H32N8O/c1-15-6-11-19-18(12-15)22(31-20-4-2-3-5-21(20)32-25(27)28)33-23(30-19)24(34)29-14-17-9-7-16(13-26)8-10-17/h6-12,20-21H,2-5,13-14,26H2,1H3,(H,29,34)(H4,27,28,32)(H,30,31,33). The Morgan fingerprint density at radius 1 is 1.06 bits per heavy atom. The number of guanidine groups is 1. The maximum Gasteiger partial charge on any atom is 0.289 e. The molecule has 3 aromatic rings. The van der Waals surface area contributed by atoms with Crippen LogP contribution in [0.3, 0.4) is 0 Å². The number of carbonyl (C=O) groups is 1. The van der Waals surface area contributed by atoms with E-state index in [1.807, 2.05) is 49.4 Å². The van der Waals surface area contributed by atoms with Crippen LogP contribution in [0.25, 0.3) is 10.9 Å². The predicted octanol–water partition coefficient (Wildman–Crippen LogP) is 2.32. The highest BCUT2D eigenvalue weighted by atomic mass is 16.2. The number of hydrogen-bond donors (Lipinski definition) is 5. The molecule has 0 bridgehead atoms. The quantitative estimate of drug-likeness (QED) is 0.267. The lowest BCUT2D eigenvalue weighted by molar-refractivity contribution is 0.0941. The number of aryl methyl sites for hydroxylation is 1. The molecule has 1 saturated carbocycles. The van der Waals surface area contributed by atoms with E-state index < -0.39 is 0 Å². The van der Waals surface area contributed by atoms with E-state index in [2.05, 4.69) is 25.6 Å². The van der Waals surface area contributed by atoms with E-state index in [1.54, 1.807) is 0 Å². The summed E-state index contributed by atoms with van der Waals surface area (Å²) in [6.07, 6.45) is 3.96. The second-order valence-corrected chi connectivity index (χ2v) is 8.78. The number of benzene rings is 2. The van der Waals surface area contributed by atoms with E-state index in [-0.39, 0.29) is 29.8 Å². The number of amides is 1. The van der Waals surface area contributed by atoms with Gasteiger partial charge in [-0.2, -0.15) is 0 Å². The number of nitrogens with two attached hydrogens (primary N) is 3. The Bertz CT molecular complexity index is 1190. The summed E-state index contributed by atoms with van der Waals surface area (Å²) in [6.45, 7) is 2.87. The Labute approximate surface area is 199 Å². The fraction of sp³-hybridized carbons (Fsp3) is 0.360. The fourth-order valence-electron chi connectivity index (χ4n) is 4.31. The summed E-state index contributed by atoms with van der Waals surface area (Å²) >= 11 is 0. The third-order valence-corrected chi connectivity index (χ3v) is 6.13. The van der Waals surface area contributed by atoms with Gasteiger partial charge in [0.05, 0.1) is 17.6 Å². The van der Waals surface area contributed by atoms with E-state index in [0.29, 0.717) is 24.4 Å². The van der Waals surface area contributed by atoms with E-state index in [9.17, 15) is 4.79 Å². The first-order chi connectivity index (χ1) is 16.4. The molecule has 1 aliphatic rings. The summed E-state index contributed by atoms with van der Waals surface area (Å²) in [5.41, 5.74) is 20.8. The van der Waals surface area contributed by atoms with Crippen LogP contribution in [-0.2, 0) is 13.1 Å². The maximum atomic E-state index is 13.0. The molecule has 1 amide bonds. The first-order valence-electron chi connectivity index (χ1n) is 11.6. The van der Waals surface area contributed by atoms with Crippen molar-refractivity contribution in [1.29, 1.82) is 0 Å².